The summed E-state index contributed by atoms with van der Waals surface area (Å²) in [6.07, 6.45) is 6.16. The molecule has 3 rings (SSSR count). The molecule has 0 spiro atoms. The summed E-state index contributed by atoms with van der Waals surface area (Å²) in [5, 5.41) is 4.23. The molecule has 0 unspecified atom stereocenters. The highest BCUT2D eigenvalue weighted by atomic mass is 35.5. The summed E-state index contributed by atoms with van der Waals surface area (Å²) in [7, 11) is 0. The zero-order chi connectivity index (χ0) is 17.5. The molecule has 0 aliphatic heterocycles. The van der Waals surface area contributed by atoms with Crippen molar-refractivity contribution >= 4 is 35.0 Å². The first kappa shape index (κ1) is 17.5. The fourth-order valence-electron chi connectivity index (χ4n) is 2.23. The quantitative estimate of drug-likeness (QED) is 0.639. The van der Waals surface area contributed by atoms with E-state index in [4.69, 9.17) is 11.6 Å². The van der Waals surface area contributed by atoms with Gasteiger partial charge in [0.1, 0.15) is 5.03 Å². The Morgan fingerprint density at radius 1 is 1.04 bits per heavy atom. The fraction of sp³-hybridized carbons (Fsp3) is 0.105. The van der Waals surface area contributed by atoms with E-state index in [0.29, 0.717) is 16.3 Å². The number of carbonyl (C=O) groups is 1. The number of hydrogen-bond acceptors (Lipinski definition) is 4. The van der Waals surface area contributed by atoms with Crippen LogP contribution in [-0.4, -0.2) is 21.6 Å². The molecule has 25 heavy (non-hydrogen) atoms. The van der Waals surface area contributed by atoms with Gasteiger partial charge in [-0.05, 0) is 60.5 Å². The van der Waals surface area contributed by atoms with Crippen LogP contribution in [0.3, 0.4) is 0 Å². The fourth-order valence-corrected chi connectivity index (χ4v) is 3.33. The Kier molecular flexibility index (Phi) is 6.04. The molecule has 0 aliphatic rings. The third-order valence-corrected chi connectivity index (χ3v) is 4.76. The molecule has 0 atom stereocenters. The second-order valence-electron chi connectivity index (χ2n) is 5.27. The number of nitrogens with zero attached hydrogens (tertiary/aromatic N) is 2. The van der Waals surface area contributed by atoms with Crippen LogP contribution in [0.2, 0.25) is 5.02 Å². The number of pyridine rings is 2. The molecule has 0 radical (unpaired) electrons. The molecule has 0 aliphatic carbocycles. The van der Waals surface area contributed by atoms with E-state index in [2.05, 4.69) is 15.3 Å². The van der Waals surface area contributed by atoms with E-state index in [0.717, 1.165) is 17.2 Å². The average molecular weight is 370 g/mol. The van der Waals surface area contributed by atoms with Crippen LogP contribution in [0.15, 0.2) is 72.1 Å². The Morgan fingerprint density at radius 2 is 1.80 bits per heavy atom. The molecule has 1 aromatic carbocycles. The zero-order valence-corrected chi connectivity index (χ0v) is 14.9. The van der Waals surface area contributed by atoms with E-state index in [-0.39, 0.29) is 5.91 Å². The molecule has 126 valence electrons. The summed E-state index contributed by atoms with van der Waals surface area (Å²) in [5.41, 5.74) is 2.48. The molecule has 4 nitrogen and oxygen atoms in total. The number of anilines is 1. The van der Waals surface area contributed by atoms with Crippen molar-refractivity contribution in [2.75, 3.05) is 11.1 Å². The first-order chi connectivity index (χ1) is 12.2. The number of nitrogens with one attached hydrogen (secondary N) is 1. The zero-order valence-electron chi connectivity index (χ0n) is 13.4. The Balaban J connectivity index is 1.65. The van der Waals surface area contributed by atoms with Crippen molar-refractivity contribution in [1.82, 2.24) is 9.97 Å². The van der Waals surface area contributed by atoms with Gasteiger partial charge in [-0.2, -0.15) is 0 Å². The predicted octanol–water partition coefficient (Wildman–Crippen LogP) is 4.72. The lowest BCUT2D eigenvalue weighted by atomic mass is 10.2. The Hall–Kier alpha value is -2.37. The van der Waals surface area contributed by atoms with E-state index in [1.807, 2.05) is 12.1 Å². The van der Waals surface area contributed by atoms with Gasteiger partial charge in [-0.1, -0.05) is 11.6 Å². The molecule has 1 N–H and O–H groups in total. The molecule has 1 amide bonds. The number of rotatable bonds is 6. The minimum Gasteiger partial charge on any atom is -0.322 e. The molecule has 6 heteroatoms. The number of benzene rings is 1. The SMILES string of the molecule is O=C(Nc1ccc(Cl)cc1)c1cccnc1SCCc1ccncc1. The standard InChI is InChI=1S/C19H16ClN3OS/c20-15-3-5-16(6-4-15)23-18(24)17-2-1-10-22-19(17)25-13-9-14-7-11-21-12-8-14/h1-8,10-12H,9,13H2,(H,23,24). The molecular formula is C19H16ClN3OS. The number of hydrogen-bond donors (Lipinski definition) is 1. The smallest absolute Gasteiger partial charge is 0.258 e. The maximum absolute atomic E-state index is 12.5. The Bertz CT molecular complexity index is 841. The minimum atomic E-state index is -0.179. The molecular weight excluding hydrogens is 354 g/mol. The second kappa shape index (κ2) is 8.65. The van der Waals surface area contributed by atoms with Crippen LogP contribution in [0, 0.1) is 0 Å². The van der Waals surface area contributed by atoms with Gasteiger partial charge >= 0.3 is 0 Å². The van der Waals surface area contributed by atoms with Gasteiger partial charge in [0.05, 0.1) is 5.56 Å². The van der Waals surface area contributed by atoms with Crippen molar-refractivity contribution in [1.29, 1.82) is 0 Å². The third kappa shape index (κ3) is 5.05. The highest BCUT2D eigenvalue weighted by Crippen LogP contribution is 2.22. The van der Waals surface area contributed by atoms with Crippen LogP contribution >= 0.6 is 23.4 Å². The van der Waals surface area contributed by atoms with Crippen LogP contribution in [0.25, 0.3) is 0 Å². The predicted molar refractivity (Wildman–Crippen MR) is 102 cm³/mol. The van der Waals surface area contributed by atoms with Crippen LogP contribution in [0.4, 0.5) is 5.69 Å². The van der Waals surface area contributed by atoms with Gasteiger partial charge in [0, 0.05) is 35.1 Å². The number of thioether (sulfide) groups is 1. The summed E-state index contributed by atoms with van der Waals surface area (Å²) in [4.78, 5) is 20.9. The molecule has 2 heterocycles. The maximum atomic E-state index is 12.5. The lowest BCUT2D eigenvalue weighted by Crippen LogP contribution is -2.13. The Morgan fingerprint density at radius 3 is 2.56 bits per heavy atom. The second-order valence-corrected chi connectivity index (χ2v) is 6.79. The number of halogens is 1. The maximum Gasteiger partial charge on any atom is 0.258 e. The van der Waals surface area contributed by atoms with Crippen molar-refractivity contribution in [3.05, 3.63) is 83.3 Å². The summed E-state index contributed by atoms with van der Waals surface area (Å²) in [6.45, 7) is 0. The van der Waals surface area contributed by atoms with Gasteiger partial charge in [-0.25, -0.2) is 4.98 Å². The third-order valence-electron chi connectivity index (χ3n) is 3.50. The number of amides is 1. The van der Waals surface area contributed by atoms with Gasteiger partial charge in [0.15, 0.2) is 0 Å². The molecule has 0 saturated heterocycles. The number of aryl methyl sites for hydroxylation is 1. The van der Waals surface area contributed by atoms with E-state index >= 15 is 0 Å². The van der Waals surface area contributed by atoms with Crippen LogP contribution < -0.4 is 5.32 Å². The van der Waals surface area contributed by atoms with Gasteiger partial charge < -0.3 is 5.32 Å². The van der Waals surface area contributed by atoms with Gasteiger partial charge in [0.2, 0.25) is 0 Å². The van der Waals surface area contributed by atoms with E-state index in [1.165, 1.54) is 5.56 Å². The van der Waals surface area contributed by atoms with Crippen LogP contribution in [-0.2, 0) is 6.42 Å². The van der Waals surface area contributed by atoms with E-state index in [1.54, 1.807) is 66.8 Å². The monoisotopic (exact) mass is 369 g/mol. The average Bonchev–Trinajstić information content (AvgIpc) is 2.65. The summed E-state index contributed by atoms with van der Waals surface area (Å²) >= 11 is 7.44. The molecule has 3 aromatic rings. The first-order valence-corrected chi connectivity index (χ1v) is 9.12. The van der Waals surface area contributed by atoms with Crippen LogP contribution in [0.1, 0.15) is 15.9 Å². The van der Waals surface area contributed by atoms with Gasteiger partial charge in [-0.15, -0.1) is 11.8 Å². The summed E-state index contributed by atoms with van der Waals surface area (Å²) in [5.74, 6) is 0.657. The summed E-state index contributed by atoms with van der Waals surface area (Å²) < 4.78 is 0. The van der Waals surface area contributed by atoms with Crippen molar-refractivity contribution in [2.24, 2.45) is 0 Å². The van der Waals surface area contributed by atoms with Crippen molar-refractivity contribution in [3.63, 3.8) is 0 Å². The van der Waals surface area contributed by atoms with Crippen molar-refractivity contribution in [3.8, 4) is 0 Å². The lowest BCUT2D eigenvalue weighted by molar-refractivity contribution is 0.102. The normalized spacial score (nSPS) is 10.4. The summed E-state index contributed by atoms with van der Waals surface area (Å²) in [6, 6.07) is 14.6. The lowest BCUT2D eigenvalue weighted by Gasteiger charge is -2.09. The van der Waals surface area contributed by atoms with Gasteiger partial charge in [0.25, 0.3) is 5.91 Å². The van der Waals surface area contributed by atoms with Crippen molar-refractivity contribution < 1.29 is 4.79 Å². The molecule has 2 aromatic heterocycles. The molecule has 0 bridgehead atoms. The number of aromatic nitrogens is 2. The topological polar surface area (TPSA) is 54.9 Å². The largest absolute Gasteiger partial charge is 0.322 e. The molecule has 0 fully saturated rings. The highest BCUT2D eigenvalue weighted by molar-refractivity contribution is 7.99. The number of carbonyl (C=O) groups excluding carboxylic acids is 1. The minimum absolute atomic E-state index is 0.179. The first-order valence-electron chi connectivity index (χ1n) is 7.76. The van der Waals surface area contributed by atoms with Crippen molar-refractivity contribution in [2.45, 2.75) is 11.4 Å². The van der Waals surface area contributed by atoms with E-state index < -0.39 is 0 Å². The van der Waals surface area contributed by atoms with E-state index in [9.17, 15) is 4.79 Å². The Labute approximate surface area is 155 Å². The van der Waals surface area contributed by atoms with Gasteiger partial charge in [-0.3, -0.25) is 9.78 Å². The van der Waals surface area contributed by atoms with Crippen LogP contribution in [0.5, 0.6) is 0 Å². The highest BCUT2D eigenvalue weighted by Gasteiger charge is 2.13. The molecule has 0 saturated carbocycles.